The van der Waals surface area contributed by atoms with E-state index in [0.717, 1.165) is 16.7 Å². The molecular weight excluding hydrogens is 496 g/mol. The molecular formula is C31H44N2O6. The van der Waals surface area contributed by atoms with E-state index in [4.69, 9.17) is 9.47 Å². The van der Waals surface area contributed by atoms with Crippen molar-refractivity contribution < 1.29 is 29.0 Å². The van der Waals surface area contributed by atoms with Crippen LogP contribution in [-0.4, -0.2) is 40.8 Å². The van der Waals surface area contributed by atoms with Crippen molar-refractivity contribution in [1.82, 2.24) is 10.6 Å². The molecule has 0 radical (unpaired) electrons. The minimum absolute atomic E-state index is 0.0884. The van der Waals surface area contributed by atoms with Crippen LogP contribution in [0.15, 0.2) is 48.5 Å². The van der Waals surface area contributed by atoms with E-state index in [2.05, 4.69) is 10.6 Å². The number of carbonyl (C=O) groups excluding carboxylic acids is 3. The second kappa shape index (κ2) is 13.5. The molecule has 0 saturated heterocycles. The number of amides is 2. The van der Waals surface area contributed by atoms with Crippen LogP contribution in [-0.2, 0) is 37.5 Å². The smallest absolute Gasteiger partial charge is 0.408 e. The van der Waals surface area contributed by atoms with Gasteiger partial charge in [0, 0.05) is 6.42 Å². The Balaban J connectivity index is 2.29. The molecule has 0 aromatic heterocycles. The molecule has 2 aromatic rings. The van der Waals surface area contributed by atoms with Crippen LogP contribution < -0.4 is 10.6 Å². The monoisotopic (exact) mass is 540 g/mol. The standard InChI is InChI=1S/C31H44N2O6/c1-9-20(2)26(28(36)38-19-21-13-11-10-12-14-21)33-27(35)24(32-29(37)39-31(6,7)8)18-22-15-16-25(34)23(17-22)30(3,4)5/h10-17,20,24,26,34H,9,18-19H2,1-8H3,(H,32,37)(H,33,35)/t20?,24-,26-/m0/s1. The first-order valence-corrected chi connectivity index (χ1v) is 13.4. The molecule has 3 atom stereocenters. The highest BCUT2D eigenvalue weighted by molar-refractivity contribution is 5.90. The Morgan fingerprint density at radius 1 is 0.923 bits per heavy atom. The molecule has 2 aromatic carbocycles. The van der Waals surface area contributed by atoms with Crippen molar-refractivity contribution in [2.24, 2.45) is 5.92 Å². The third-order valence-corrected chi connectivity index (χ3v) is 6.30. The molecule has 1 unspecified atom stereocenters. The van der Waals surface area contributed by atoms with Gasteiger partial charge in [-0.05, 0) is 54.9 Å². The number of rotatable bonds is 10. The second-order valence-electron chi connectivity index (χ2n) is 12.0. The van der Waals surface area contributed by atoms with Gasteiger partial charge in [0.1, 0.15) is 30.0 Å². The van der Waals surface area contributed by atoms with Crippen molar-refractivity contribution in [3.8, 4) is 5.75 Å². The van der Waals surface area contributed by atoms with E-state index in [1.54, 1.807) is 32.9 Å². The summed E-state index contributed by atoms with van der Waals surface area (Å²) in [5, 5.41) is 15.8. The number of hydrogen-bond acceptors (Lipinski definition) is 6. The highest BCUT2D eigenvalue weighted by Gasteiger charge is 2.32. The lowest BCUT2D eigenvalue weighted by atomic mass is 9.84. The zero-order chi connectivity index (χ0) is 29.4. The van der Waals surface area contributed by atoms with Crippen LogP contribution in [0.3, 0.4) is 0 Å². The molecule has 8 heteroatoms. The summed E-state index contributed by atoms with van der Waals surface area (Å²) in [7, 11) is 0. The Bertz CT molecular complexity index is 1120. The molecule has 0 saturated carbocycles. The number of aromatic hydroxyl groups is 1. The van der Waals surface area contributed by atoms with E-state index in [1.807, 2.05) is 71.0 Å². The molecule has 2 amide bonds. The fraction of sp³-hybridized carbons (Fsp3) is 0.516. The lowest BCUT2D eigenvalue weighted by molar-refractivity contribution is -0.150. The second-order valence-corrected chi connectivity index (χ2v) is 12.0. The Labute approximate surface area is 232 Å². The SMILES string of the molecule is CCC(C)[C@H](NC(=O)[C@H](Cc1ccc(O)c(C(C)(C)C)c1)NC(=O)OC(C)(C)C)C(=O)OCc1ccccc1. The van der Waals surface area contributed by atoms with Gasteiger partial charge in [0.05, 0.1) is 0 Å². The van der Waals surface area contributed by atoms with Gasteiger partial charge in [-0.1, -0.05) is 83.5 Å². The van der Waals surface area contributed by atoms with Gasteiger partial charge in [0.15, 0.2) is 0 Å². The normalized spacial score (nSPS) is 14.1. The number of benzene rings is 2. The van der Waals surface area contributed by atoms with E-state index in [-0.39, 0.29) is 30.1 Å². The average Bonchev–Trinajstić information content (AvgIpc) is 2.84. The fourth-order valence-electron chi connectivity index (χ4n) is 3.95. The van der Waals surface area contributed by atoms with Crippen LogP contribution in [0.4, 0.5) is 4.79 Å². The molecule has 0 spiro atoms. The Hall–Kier alpha value is -3.55. The highest BCUT2D eigenvalue weighted by Crippen LogP contribution is 2.31. The van der Waals surface area contributed by atoms with Crippen molar-refractivity contribution in [2.75, 3.05) is 0 Å². The van der Waals surface area contributed by atoms with Crippen LogP contribution in [0.25, 0.3) is 0 Å². The molecule has 0 aliphatic heterocycles. The first-order chi connectivity index (χ1) is 18.1. The van der Waals surface area contributed by atoms with E-state index < -0.39 is 35.7 Å². The Morgan fingerprint density at radius 2 is 1.56 bits per heavy atom. The molecule has 0 heterocycles. The fourth-order valence-corrected chi connectivity index (χ4v) is 3.95. The maximum atomic E-state index is 13.6. The van der Waals surface area contributed by atoms with Crippen LogP contribution in [0, 0.1) is 5.92 Å². The number of nitrogens with one attached hydrogen (secondary N) is 2. The topological polar surface area (TPSA) is 114 Å². The highest BCUT2D eigenvalue weighted by atomic mass is 16.6. The predicted molar refractivity (Wildman–Crippen MR) is 151 cm³/mol. The Morgan fingerprint density at radius 3 is 2.13 bits per heavy atom. The molecule has 2 rings (SSSR count). The maximum absolute atomic E-state index is 13.6. The third-order valence-electron chi connectivity index (χ3n) is 6.30. The molecule has 0 aliphatic rings. The lowest BCUT2D eigenvalue weighted by Gasteiger charge is -2.27. The van der Waals surface area contributed by atoms with Gasteiger partial charge in [0.2, 0.25) is 5.91 Å². The minimum atomic E-state index is -1.04. The van der Waals surface area contributed by atoms with E-state index in [0.29, 0.717) is 6.42 Å². The summed E-state index contributed by atoms with van der Waals surface area (Å²) in [5.41, 5.74) is 1.20. The molecule has 3 N–H and O–H groups in total. The maximum Gasteiger partial charge on any atom is 0.408 e. The number of alkyl carbamates (subject to hydrolysis) is 1. The number of hydrogen-bond donors (Lipinski definition) is 3. The van der Waals surface area contributed by atoms with Gasteiger partial charge in [-0.15, -0.1) is 0 Å². The first kappa shape index (κ1) is 31.7. The van der Waals surface area contributed by atoms with E-state index >= 15 is 0 Å². The summed E-state index contributed by atoms with van der Waals surface area (Å²) < 4.78 is 10.9. The molecule has 0 fully saturated rings. The number of phenols is 1. The zero-order valence-electron chi connectivity index (χ0n) is 24.5. The molecule has 214 valence electrons. The summed E-state index contributed by atoms with van der Waals surface area (Å²) in [5.74, 6) is -1.13. The molecule has 0 aliphatic carbocycles. The van der Waals surface area contributed by atoms with Crippen LogP contribution >= 0.6 is 0 Å². The zero-order valence-corrected chi connectivity index (χ0v) is 24.5. The minimum Gasteiger partial charge on any atom is -0.508 e. The molecule has 39 heavy (non-hydrogen) atoms. The van der Waals surface area contributed by atoms with E-state index in [9.17, 15) is 19.5 Å². The first-order valence-electron chi connectivity index (χ1n) is 13.4. The molecule has 0 bridgehead atoms. The van der Waals surface area contributed by atoms with Crippen molar-refractivity contribution >= 4 is 18.0 Å². The van der Waals surface area contributed by atoms with Crippen molar-refractivity contribution in [1.29, 1.82) is 0 Å². The van der Waals surface area contributed by atoms with Crippen molar-refractivity contribution in [3.63, 3.8) is 0 Å². The quantitative estimate of drug-likeness (QED) is 0.348. The van der Waals surface area contributed by atoms with Crippen LogP contribution in [0.5, 0.6) is 5.75 Å². The summed E-state index contributed by atoms with van der Waals surface area (Å²) in [6.45, 7) is 15.0. The number of carbonyl (C=O) groups is 3. The van der Waals surface area contributed by atoms with E-state index in [1.165, 1.54) is 0 Å². The van der Waals surface area contributed by atoms with Gasteiger partial charge in [-0.2, -0.15) is 0 Å². The lowest BCUT2D eigenvalue weighted by Crippen LogP contribution is -2.55. The van der Waals surface area contributed by atoms with Gasteiger partial charge in [-0.3, -0.25) is 4.79 Å². The van der Waals surface area contributed by atoms with Gasteiger partial charge >= 0.3 is 12.1 Å². The molecule has 8 nitrogen and oxygen atoms in total. The number of ether oxygens (including phenoxy) is 2. The van der Waals surface area contributed by atoms with Crippen LogP contribution in [0.2, 0.25) is 0 Å². The summed E-state index contributed by atoms with van der Waals surface area (Å²) in [6.07, 6.45) is 0.00705. The average molecular weight is 541 g/mol. The van der Waals surface area contributed by atoms with Gasteiger partial charge in [0.25, 0.3) is 0 Å². The van der Waals surface area contributed by atoms with Gasteiger partial charge in [-0.25, -0.2) is 9.59 Å². The largest absolute Gasteiger partial charge is 0.508 e. The van der Waals surface area contributed by atoms with Crippen molar-refractivity contribution in [2.45, 2.75) is 97.9 Å². The summed E-state index contributed by atoms with van der Waals surface area (Å²) in [6, 6.07) is 12.5. The van der Waals surface area contributed by atoms with Crippen molar-refractivity contribution in [3.05, 3.63) is 65.2 Å². The summed E-state index contributed by atoms with van der Waals surface area (Å²) >= 11 is 0. The Kier molecular flexibility index (Phi) is 11.0. The summed E-state index contributed by atoms with van der Waals surface area (Å²) in [4.78, 5) is 39.3. The van der Waals surface area contributed by atoms with Crippen LogP contribution in [0.1, 0.15) is 78.5 Å². The predicted octanol–water partition coefficient (Wildman–Crippen LogP) is 5.40. The number of esters is 1. The number of phenolic OH excluding ortho intramolecular Hbond substituents is 1. The van der Waals surface area contributed by atoms with Gasteiger partial charge < -0.3 is 25.2 Å². The third kappa shape index (κ3) is 10.3.